The fraction of sp³-hybridized carbons (Fsp3) is 0.368. The van der Waals surface area contributed by atoms with Crippen molar-refractivity contribution in [1.82, 2.24) is 14.9 Å². The van der Waals surface area contributed by atoms with Gasteiger partial charge in [0, 0.05) is 30.9 Å². The van der Waals surface area contributed by atoms with Crippen LogP contribution in [0.1, 0.15) is 40.6 Å². The molecule has 1 saturated heterocycles. The molecule has 0 aliphatic carbocycles. The van der Waals surface area contributed by atoms with E-state index in [9.17, 15) is 9.59 Å². The Bertz CT molecular complexity index is 851. The molecule has 0 unspecified atom stereocenters. The second-order valence-corrected chi connectivity index (χ2v) is 6.81. The van der Waals surface area contributed by atoms with Crippen LogP contribution in [0.25, 0.3) is 0 Å². The van der Waals surface area contributed by atoms with E-state index in [2.05, 4.69) is 20.0 Å². The molecule has 1 aliphatic heterocycles. The van der Waals surface area contributed by atoms with Crippen LogP contribution in [-0.2, 0) is 4.74 Å². The average molecular weight is 389 g/mol. The summed E-state index contributed by atoms with van der Waals surface area (Å²) in [7, 11) is 1.30. The summed E-state index contributed by atoms with van der Waals surface area (Å²) >= 11 is 6.18. The molecule has 2 amide bonds. The molecule has 1 aromatic heterocycles. The smallest absolute Gasteiger partial charge is 0.337 e. The van der Waals surface area contributed by atoms with Crippen LogP contribution in [0.3, 0.4) is 0 Å². The maximum absolute atomic E-state index is 12.5. The van der Waals surface area contributed by atoms with Gasteiger partial charge in [0.25, 0.3) is 0 Å². The van der Waals surface area contributed by atoms with Gasteiger partial charge in [0.05, 0.1) is 23.4 Å². The number of aromatic nitrogens is 2. The van der Waals surface area contributed by atoms with Crippen molar-refractivity contribution in [1.29, 1.82) is 0 Å². The molecule has 0 bridgehead atoms. The van der Waals surface area contributed by atoms with Gasteiger partial charge in [-0.25, -0.2) is 19.6 Å². The summed E-state index contributed by atoms with van der Waals surface area (Å²) in [6.45, 7) is 3.15. The van der Waals surface area contributed by atoms with Crippen LogP contribution in [0.5, 0.6) is 0 Å². The lowest BCUT2D eigenvalue weighted by Gasteiger charge is -2.31. The number of halogens is 1. The lowest BCUT2D eigenvalue weighted by atomic mass is 9.93. The monoisotopic (exact) mass is 388 g/mol. The van der Waals surface area contributed by atoms with Gasteiger partial charge in [-0.1, -0.05) is 11.6 Å². The SMILES string of the molecule is COC(=O)c1ccc(NC(=O)N2CCC(c3ccnc(C)n3)CC2)c(Cl)c1. The van der Waals surface area contributed by atoms with E-state index in [1.54, 1.807) is 23.2 Å². The lowest BCUT2D eigenvalue weighted by Crippen LogP contribution is -2.40. The molecule has 0 radical (unpaired) electrons. The van der Waals surface area contributed by atoms with Gasteiger partial charge in [0.2, 0.25) is 0 Å². The minimum absolute atomic E-state index is 0.208. The van der Waals surface area contributed by atoms with Gasteiger partial charge in [-0.2, -0.15) is 0 Å². The van der Waals surface area contributed by atoms with Gasteiger partial charge in [-0.3, -0.25) is 0 Å². The zero-order valence-electron chi connectivity index (χ0n) is 15.2. The highest BCUT2D eigenvalue weighted by Crippen LogP contribution is 2.28. The first-order chi connectivity index (χ1) is 13.0. The van der Waals surface area contributed by atoms with Crippen LogP contribution < -0.4 is 5.32 Å². The Balaban J connectivity index is 1.59. The minimum Gasteiger partial charge on any atom is -0.465 e. The number of amides is 2. The Labute approximate surface area is 162 Å². The number of nitrogens with zero attached hydrogens (tertiary/aromatic N) is 3. The molecule has 0 spiro atoms. The zero-order chi connectivity index (χ0) is 19.4. The van der Waals surface area contributed by atoms with Crippen LogP contribution >= 0.6 is 11.6 Å². The van der Waals surface area contributed by atoms with Crippen molar-refractivity contribution in [3.05, 3.63) is 52.6 Å². The topological polar surface area (TPSA) is 84.4 Å². The van der Waals surface area contributed by atoms with Gasteiger partial charge in [-0.15, -0.1) is 0 Å². The number of likely N-dealkylation sites (tertiary alicyclic amines) is 1. The number of carbonyl (C=O) groups is 2. The molecular formula is C19H21ClN4O3. The number of nitrogens with one attached hydrogen (secondary N) is 1. The van der Waals surface area contributed by atoms with Gasteiger partial charge in [-0.05, 0) is 44.0 Å². The van der Waals surface area contributed by atoms with E-state index in [0.29, 0.717) is 30.3 Å². The van der Waals surface area contributed by atoms with Crippen molar-refractivity contribution in [2.75, 3.05) is 25.5 Å². The van der Waals surface area contributed by atoms with E-state index >= 15 is 0 Å². The third kappa shape index (κ3) is 4.54. The van der Waals surface area contributed by atoms with E-state index in [1.165, 1.54) is 13.2 Å². The van der Waals surface area contributed by atoms with Crippen molar-refractivity contribution in [3.8, 4) is 0 Å². The number of urea groups is 1. The third-order valence-corrected chi connectivity index (χ3v) is 4.94. The highest BCUT2D eigenvalue weighted by atomic mass is 35.5. The second kappa shape index (κ2) is 8.35. The quantitative estimate of drug-likeness (QED) is 0.811. The van der Waals surface area contributed by atoms with Gasteiger partial charge in [0.1, 0.15) is 5.82 Å². The summed E-state index contributed by atoms with van der Waals surface area (Å²) in [6.07, 6.45) is 3.47. The molecule has 1 aliphatic rings. The molecule has 1 aromatic carbocycles. The first-order valence-corrected chi connectivity index (χ1v) is 9.09. The van der Waals surface area contributed by atoms with Crippen molar-refractivity contribution >= 4 is 29.3 Å². The lowest BCUT2D eigenvalue weighted by molar-refractivity contribution is 0.0600. The van der Waals surface area contributed by atoms with E-state index < -0.39 is 5.97 Å². The molecule has 0 atom stereocenters. The molecule has 2 aromatic rings. The standard InChI is InChI=1S/C19H21ClN4O3/c1-12-21-8-5-16(22-12)13-6-9-24(10-7-13)19(26)23-17-4-3-14(11-15(17)20)18(25)27-2/h3-5,8,11,13H,6-7,9-10H2,1-2H3,(H,23,26). The average Bonchev–Trinajstić information content (AvgIpc) is 2.69. The van der Waals surface area contributed by atoms with Crippen molar-refractivity contribution in [2.24, 2.45) is 0 Å². The fourth-order valence-corrected chi connectivity index (χ4v) is 3.36. The number of rotatable bonds is 3. The second-order valence-electron chi connectivity index (χ2n) is 6.41. The van der Waals surface area contributed by atoms with Crippen LogP contribution in [0.15, 0.2) is 30.5 Å². The molecular weight excluding hydrogens is 368 g/mol. The third-order valence-electron chi connectivity index (χ3n) is 4.63. The van der Waals surface area contributed by atoms with Crippen LogP contribution in [0, 0.1) is 6.92 Å². The molecule has 142 valence electrons. The van der Waals surface area contributed by atoms with Crippen molar-refractivity contribution < 1.29 is 14.3 Å². The van der Waals surface area contributed by atoms with E-state index in [0.717, 1.165) is 24.4 Å². The molecule has 1 N–H and O–H groups in total. The normalized spacial score (nSPS) is 14.7. The number of methoxy groups -OCH3 is 1. The number of hydrogen-bond donors (Lipinski definition) is 1. The Morgan fingerprint density at radius 3 is 2.63 bits per heavy atom. The molecule has 2 heterocycles. The van der Waals surface area contributed by atoms with E-state index in [-0.39, 0.29) is 11.1 Å². The van der Waals surface area contributed by atoms with Crippen LogP contribution in [0.4, 0.5) is 10.5 Å². The molecule has 7 nitrogen and oxygen atoms in total. The Hall–Kier alpha value is -2.67. The number of anilines is 1. The number of carbonyl (C=O) groups excluding carboxylic acids is 2. The van der Waals surface area contributed by atoms with Gasteiger partial charge < -0.3 is 15.0 Å². The first-order valence-electron chi connectivity index (χ1n) is 8.71. The number of benzene rings is 1. The van der Waals surface area contributed by atoms with Gasteiger partial charge in [0.15, 0.2) is 0 Å². The molecule has 0 saturated carbocycles. The summed E-state index contributed by atoms with van der Waals surface area (Å²) in [5.74, 6) is 0.619. The summed E-state index contributed by atoms with van der Waals surface area (Å²) in [4.78, 5) is 34.4. The summed E-state index contributed by atoms with van der Waals surface area (Å²) < 4.78 is 4.66. The largest absolute Gasteiger partial charge is 0.465 e. The minimum atomic E-state index is -0.475. The van der Waals surface area contributed by atoms with Crippen LogP contribution in [0.2, 0.25) is 5.02 Å². The fourth-order valence-electron chi connectivity index (χ4n) is 3.14. The maximum atomic E-state index is 12.5. The molecule has 1 fully saturated rings. The zero-order valence-corrected chi connectivity index (χ0v) is 16.0. The summed E-state index contributed by atoms with van der Waals surface area (Å²) in [5, 5.41) is 3.09. The summed E-state index contributed by atoms with van der Waals surface area (Å²) in [5.41, 5.74) is 1.83. The number of aryl methyl sites for hydroxylation is 1. The summed E-state index contributed by atoms with van der Waals surface area (Å²) in [6, 6.07) is 6.38. The highest BCUT2D eigenvalue weighted by molar-refractivity contribution is 6.34. The first kappa shape index (κ1) is 19.1. The number of ether oxygens (including phenoxy) is 1. The van der Waals surface area contributed by atoms with Gasteiger partial charge >= 0.3 is 12.0 Å². The predicted octanol–water partition coefficient (Wildman–Crippen LogP) is 3.64. The number of esters is 1. The number of piperidine rings is 1. The Morgan fingerprint density at radius 1 is 1.26 bits per heavy atom. The molecule has 3 rings (SSSR count). The van der Waals surface area contributed by atoms with E-state index in [1.807, 2.05) is 13.0 Å². The molecule has 27 heavy (non-hydrogen) atoms. The maximum Gasteiger partial charge on any atom is 0.337 e. The van der Waals surface area contributed by atoms with Crippen LogP contribution in [-0.4, -0.2) is 47.1 Å². The Morgan fingerprint density at radius 2 is 2.00 bits per heavy atom. The Kier molecular flexibility index (Phi) is 5.91. The number of hydrogen-bond acceptors (Lipinski definition) is 5. The van der Waals surface area contributed by atoms with Crippen molar-refractivity contribution in [2.45, 2.75) is 25.7 Å². The van der Waals surface area contributed by atoms with E-state index in [4.69, 9.17) is 11.6 Å². The highest BCUT2D eigenvalue weighted by Gasteiger charge is 2.25. The predicted molar refractivity (Wildman–Crippen MR) is 102 cm³/mol. The van der Waals surface area contributed by atoms with Crippen molar-refractivity contribution in [3.63, 3.8) is 0 Å². The molecule has 8 heteroatoms.